The molecule has 0 spiro atoms. The Morgan fingerprint density at radius 1 is 1.06 bits per heavy atom. The van der Waals surface area contributed by atoms with Crippen LogP contribution in [0.1, 0.15) is 38.1 Å². The van der Waals surface area contributed by atoms with Crippen molar-refractivity contribution < 1.29 is 9.47 Å². The van der Waals surface area contributed by atoms with Crippen molar-refractivity contribution in [1.82, 2.24) is 0 Å². The summed E-state index contributed by atoms with van der Waals surface area (Å²) >= 11 is 7.33. The van der Waals surface area contributed by atoms with Crippen LogP contribution in [0.15, 0.2) is 16.6 Å². The van der Waals surface area contributed by atoms with Gasteiger partial charge < -0.3 is 9.47 Å². The smallest absolute Gasteiger partial charge is 0.162 e. The Kier molecular flexibility index (Phi) is 6.50. The van der Waals surface area contributed by atoms with Gasteiger partial charge in [0.1, 0.15) is 0 Å². The molecule has 1 unspecified atom stereocenters. The fourth-order valence-electron chi connectivity index (χ4n) is 1.66. The highest BCUT2D eigenvalue weighted by Gasteiger charge is 2.18. The minimum Gasteiger partial charge on any atom is -0.490 e. The van der Waals surface area contributed by atoms with Crippen LogP contribution in [-0.4, -0.2) is 13.2 Å². The first-order valence-electron chi connectivity index (χ1n) is 6.24. The number of halogens is 2. The molecule has 0 saturated carbocycles. The first kappa shape index (κ1) is 15.8. The van der Waals surface area contributed by atoms with Gasteiger partial charge >= 0.3 is 0 Å². The third kappa shape index (κ3) is 3.89. The van der Waals surface area contributed by atoms with E-state index in [9.17, 15) is 0 Å². The minimum atomic E-state index is 0.293. The Hall–Kier alpha value is -0.220. The molecule has 0 N–H and O–H groups in total. The molecule has 18 heavy (non-hydrogen) atoms. The summed E-state index contributed by atoms with van der Waals surface area (Å²) in [7, 11) is 0. The van der Waals surface area contributed by atoms with Crippen molar-refractivity contribution in [3.63, 3.8) is 0 Å². The highest BCUT2D eigenvalue weighted by molar-refractivity contribution is 9.11. The molecule has 1 rings (SSSR count). The van der Waals surface area contributed by atoms with Gasteiger partial charge in [-0.3, -0.25) is 0 Å². The zero-order valence-electron chi connectivity index (χ0n) is 11.3. The van der Waals surface area contributed by atoms with Gasteiger partial charge in [-0.1, -0.05) is 45.7 Å². The van der Waals surface area contributed by atoms with Gasteiger partial charge in [0.15, 0.2) is 11.5 Å². The molecule has 0 aliphatic carbocycles. The lowest BCUT2D eigenvalue weighted by Gasteiger charge is -2.19. The lowest BCUT2D eigenvalue weighted by Crippen LogP contribution is -2.03. The summed E-state index contributed by atoms with van der Waals surface area (Å²) < 4.78 is 12.3. The molecule has 0 heterocycles. The van der Waals surface area contributed by atoms with E-state index >= 15 is 0 Å². The Morgan fingerprint density at radius 2 is 1.56 bits per heavy atom. The molecule has 1 atom stereocenters. The van der Waals surface area contributed by atoms with Gasteiger partial charge in [-0.2, -0.15) is 0 Å². The number of benzene rings is 1. The van der Waals surface area contributed by atoms with Gasteiger partial charge in [-0.15, -0.1) is 0 Å². The predicted molar refractivity (Wildman–Crippen MR) is 83.0 cm³/mol. The van der Waals surface area contributed by atoms with Crippen molar-refractivity contribution in [1.29, 1.82) is 0 Å². The molecule has 0 saturated heterocycles. The van der Waals surface area contributed by atoms with E-state index in [0.29, 0.717) is 24.0 Å². The summed E-state index contributed by atoms with van der Waals surface area (Å²) in [6.07, 6.45) is 0. The van der Waals surface area contributed by atoms with Crippen molar-refractivity contribution in [3.8, 4) is 11.5 Å². The maximum atomic E-state index is 5.65. The van der Waals surface area contributed by atoms with Gasteiger partial charge in [-0.25, -0.2) is 0 Å². The molecule has 1 aromatic rings. The van der Waals surface area contributed by atoms with Gasteiger partial charge in [-0.05, 0) is 37.5 Å². The maximum absolute atomic E-state index is 5.65. The summed E-state index contributed by atoms with van der Waals surface area (Å²) in [5.74, 6) is 2.11. The SMILES string of the molecule is CCOc1cc(Br)c(C(Br)C(C)C)cc1OCC. The number of hydrogen-bond acceptors (Lipinski definition) is 2. The van der Waals surface area contributed by atoms with Crippen LogP contribution in [0, 0.1) is 5.92 Å². The fourth-order valence-corrected chi connectivity index (χ4v) is 2.91. The van der Waals surface area contributed by atoms with Crippen molar-refractivity contribution in [2.45, 2.75) is 32.5 Å². The van der Waals surface area contributed by atoms with E-state index < -0.39 is 0 Å². The largest absolute Gasteiger partial charge is 0.490 e. The van der Waals surface area contributed by atoms with Crippen molar-refractivity contribution >= 4 is 31.9 Å². The molecule has 0 bridgehead atoms. The summed E-state index contributed by atoms with van der Waals surface area (Å²) in [6, 6.07) is 4.04. The number of alkyl halides is 1. The molecule has 0 radical (unpaired) electrons. The van der Waals surface area contributed by atoms with E-state index in [-0.39, 0.29) is 0 Å². The lowest BCUT2D eigenvalue weighted by atomic mass is 10.0. The first-order valence-corrected chi connectivity index (χ1v) is 7.95. The quantitative estimate of drug-likeness (QED) is 0.621. The second-order valence-corrected chi connectivity index (χ2v) is 6.17. The van der Waals surface area contributed by atoms with E-state index in [0.717, 1.165) is 16.0 Å². The Labute approximate surface area is 126 Å². The van der Waals surface area contributed by atoms with E-state index in [1.807, 2.05) is 19.9 Å². The molecule has 0 amide bonds. The molecule has 0 aromatic heterocycles. The Morgan fingerprint density at radius 3 is 2.00 bits per heavy atom. The Bertz CT molecular complexity index is 392. The van der Waals surface area contributed by atoms with E-state index in [1.54, 1.807) is 0 Å². The van der Waals surface area contributed by atoms with Gasteiger partial charge in [0.25, 0.3) is 0 Å². The fraction of sp³-hybridized carbons (Fsp3) is 0.571. The normalized spacial score (nSPS) is 12.6. The zero-order valence-corrected chi connectivity index (χ0v) is 14.5. The third-order valence-corrected chi connectivity index (χ3v) is 4.78. The molecule has 0 aliphatic heterocycles. The standard InChI is InChI=1S/C14H20Br2O2/c1-5-17-12-7-10(14(16)9(3)4)11(15)8-13(12)18-6-2/h7-9,14H,5-6H2,1-4H3. The highest BCUT2D eigenvalue weighted by Crippen LogP contribution is 2.41. The van der Waals surface area contributed by atoms with Crippen LogP contribution >= 0.6 is 31.9 Å². The monoisotopic (exact) mass is 378 g/mol. The lowest BCUT2D eigenvalue weighted by molar-refractivity contribution is 0.287. The number of rotatable bonds is 6. The van der Waals surface area contributed by atoms with Crippen molar-refractivity contribution in [2.24, 2.45) is 5.92 Å². The summed E-state index contributed by atoms with van der Waals surface area (Å²) in [5.41, 5.74) is 1.19. The van der Waals surface area contributed by atoms with E-state index in [4.69, 9.17) is 9.47 Å². The average Bonchev–Trinajstić information content (AvgIpc) is 2.32. The number of ether oxygens (including phenoxy) is 2. The summed E-state index contributed by atoms with van der Waals surface area (Å²) in [4.78, 5) is 0.293. The maximum Gasteiger partial charge on any atom is 0.162 e. The molecular weight excluding hydrogens is 360 g/mol. The molecular formula is C14H20Br2O2. The van der Waals surface area contributed by atoms with Crippen LogP contribution in [0.4, 0.5) is 0 Å². The van der Waals surface area contributed by atoms with Gasteiger partial charge in [0.2, 0.25) is 0 Å². The van der Waals surface area contributed by atoms with Gasteiger partial charge in [0, 0.05) is 9.30 Å². The molecule has 1 aromatic carbocycles. The molecule has 0 fully saturated rings. The molecule has 0 aliphatic rings. The van der Waals surface area contributed by atoms with E-state index in [2.05, 4.69) is 51.8 Å². The average molecular weight is 380 g/mol. The second-order valence-electron chi connectivity index (χ2n) is 4.33. The summed E-state index contributed by atoms with van der Waals surface area (Å²) in [5, 5.41) is 0. The minimum absolute atomic E-state index is 0.293. The van der Waals surface area contributed by atoms with Crippen molar-refractivity contribution in [2.75, 3.05) is 13.2 Å². The van der Waals surface area contributed by atoms with Gasteiger partial charge in [0.05, 0.1) is 13.2 Å². The van der Waals surface area contributed by atoms with Crippen molar-refractivity contribution in [3.05, 3.63) is 22.2 Å². The van der Waals surface area contributed by atoms with Crippen LogP contribution in [0.3, 0.4) is 0 Å². The van der Waals surface area contributed by atoms with E-state index in [1.165, 1.54) is 5.56 Å². The summed E-state index contributed by atoms with van der Waals surface area (Å²) in [6.45, 7) is 9.58. The zero-order chi connectivity index (χ0) is 13.7. The molecule has 102 valence electrons. The van der Waals surface area contributed by atoms with Crippen LogP contribution in [0.2, 0.25) is 0 Å². The number of hydrogen-bond donors (Lipinski definition) is 0. The topological polar surface area (TPSA) is 18.5 Å². The van der Waals surface area contributed by atoms with Crippen LogP contribution in [-0.2, 0) is 0 Å². The van der Waals surface area contributed by atoms with Crippen LogP contribution < -0.4 is 9.47 Å². The first-order chi connectivity index (χ1) is 8.51. The predicted octanol–water partition coefficient (Wildman–Crippen LogP) is 5.34. The van der Waals surface area contributed by atoms with Crippen LogP contribution in [0.5, 0.6) is 11.5 Å². The van der Waals surface area contributed by atoms with Crippen LogP contribution in [0.25, 0.3) is 0 Å². The Balaban J connectivity index is 3.17. The molecule has 4 heteroatoms. The highest BCUT2D eigenvalue weighted by atomic mass is 79.9. The second kappa shape index (κ2) is 7.39. The third-order valence-electron chi connectivity index (χ3n) is 2.55. The molecule has 2 nitrogen and oxygen atoms in total.